The number of nitrogens with zero attached hydrogens (tertiary/aromatic N) is 1. The Balaban J connectivity index is 1.74. The van der Waals surface area contributed by atoms with Crippen LogP contribution in [0.4, 0.5) is 4.39 Å². The van der Waals surface area contributed by atoms with Gasteiger partial charge in [0, 0.05) is 12.5 Å². The molecule has 1 aliphatic heterocycles. The molecule has 0 spiro atoms. The van der Waals surface area contributed by atoms with Gasteiger partial charge < -0.3 is 10.0 Å². The number of benzene rings is 1. The fraction of sp³-hybridized carbons (Fsp3) is 0.611. The van der Waals surface area contributed by atoms with Crippen LogP contribution in [0.2, 0.25) is 0 Å². The van der Waals surface area contributed by atoms with E-state index in [4.69, 9.17) is 0 Å². The first kappa shape index (κ1) is 15.5. The second-order valence-corrected chi connectivity index (χ2v) is 6.60. The van der Waals surface area contributed by atoms with E-state index in [-0.39, 0.29) is 29.8 Å². The van der Waals surface area contributed by atoms with E-state index in [0.29, 0.717) is 0 Å². The maximum Gasteiger partial charge on any atom is 0.226 e. The third-order valence-electron chi connectivity index (χ3n) is 5.09. The maximum absolute atomic E-state index is 13.1. The van der Waals surface area contributed by atoms with Crippen molar-refractivity contribution in [2.75, 3.05) is 6.54 Å². The van der Waals surface area contributed by atoms with Crippen molar-refractivity contribution in [3.8, 4) is 0 Å². The molecule has 2 fully saturated rings. The smallest absolute Gasteiger partial charge is 0.226 e. The zero-order valence-electron chi connectivity index (χ0n) is 12.9. The molecule has 1 aromatic carbocycles. The maximum atomic E-state index is 13.1. The van der Waals surface area contributed by atoms with Crippen molar-refractivity contribution in [1.29, 1.82) is 0 Å². The average Bonchev–Trinajstić information content (AvgIpc) is 2.56. The molecule has 0 aromatic heterocycles. The normalized spacial score (nSPS) is 29.4. The van der Waals surface area contributed by atoms with E-state index in [1.54, 1.807) is 12.1 Å². The van der Waals surface area contributed by atoms with E-state index < -0.39 is 0 Å². The number of amides is 1. The van der Waals surface area contributed by atoms with Gasteiger partial charge in [-0.25, -0.2) is 4.39 Å². The summed E-state index contributed by atoms with van der Waals surface area (Å²) in [5.41, 5.74) is 1.03. The summed E-state index contributed by atoms with van der Waals surface area (Å²) in [4.78, 5) is 14.9. The van der Waals surface area contributed by atoms with Gasteiger partial charge in [-0.2, -0.15) is 0 Å². The van der Waals surface area contributed by atoms with Crippen LogP contribution in [0.1, 0.15) is 56.6 Å². The molecule has 0 radical (unpaired) electrons. The molecule has 1 saturated heterocycles. The minimum atomic E-state index is -0.238. The van der Waals surface area contributed by atoms with Crippen LogP contribution in [0.3, 0.4) is 0 Å². The zero-order valence-corrected chi connectivity index (χ0v) is 12.9. The van der Waals surface area contributed by atoms with Crippen molar-refractivity contribution in [2.45, 2.75) is 57.1 Å². The van der Waals surface area contributed by atoms with Crippen LogP contribution in [-0.4, -0.2) is 28.6 Å². The molecule has 120 valence electrons. The quantitative estimate of drug-likeness (QED) is 0.909. The predicted octanol–water partition coefficient (Wildman–Crippen LogP) is 3.43. The second kappa shape index (κ2) is 6.78. The Bertz CT molecular complexity index is 508. The number of aliphatic hydroxyl groups excluding tert-OH is 1. The first-order valence-corrected chi connectivity index (χ1v) is 8.39. The van der Waals surface area contributed by atoms with Gasteiger partial charge in [0.1, 0.15) is 5.82 Å². The standard InChI is InChI=1S/C18H24FNO2/c19-15-8-4-13(5-9-15)17-3-1-2-12-20(17)18(22)14-6-10-16(21)11-7-14/h4-5,8-9,14,16-17,21H,1-3,6-7,10-12H2/t14?,16?,17-/m1/s1. The van der Waals surface area contributed by atoms with Crippen molar-refractivity contribution in [1.82, 2.24) is 4.90 Å². The Morgan fingerprint density at radius 3 is 2.41 bits per heavy atom. The second-order valence-electron chi connectivity index (χ2n) is 6.60. The van der Waals surface area contributed by atoms with E-state index in [0.717, 1.165) is 57.1 Å². The molecule has 1 amide bonds. The van der Waals surface area contributed by atoms with E-state index >= 15 is 0 Å². The first-order chi connectivity index (χ1) is 10.6. The number of carbonyl (C=O) groups is 1. The monoisotopic (exact) mass is 305 g/mol. The summed E-state index contributed by atoms with van der Waals surface area (Å²) in [7, 11) is 0. The third kappa shape index (κ3) is 3.32. The van der Waals surface area contributed by atoms with E-state index in [2.05, 4.69) is 0 Å². The fourth-order valence-corrected chi connectivity index (χ4v) is 3.78. The highest BCUT2D eigenvalue weighted by Crippen LogP contribution is 2.35. The van der Waals surface area contributed by atoms with Gasteiger partial charge in [-0.05, 0) is 62.6 Å². The molecular formula is C18H24FNO2. The highest BCUT2D eigenvalue weighted by molar-refractivity contribution is 5.79. The Morgan fingerprint density at radius 1 is 1.05 bits per heavy atom. The first-order valence-electron chi connectivity index (χ1n) is 8.39. The van der Waals surface area contributed by atoms with Crippen LogP contribution in [0.25, 0.3) is 0 Å². The van der Waals surface area contributed by atoms with Crippen molar-refractivity contribution >= 4 is 5.91 Å². The van der Waals surface area contributed by atoms with Gasteiger partial charge in [-0.1, -0.05) is 12.1 Å². The number of carbonyl (C=O) groups excluding carboxylic acids is 1. The molecule has 1 N–H and O–H groups in total. The number of hydrogen-bond acceptors (Lipinski definition) is 2. The minimum Gasteiger partial charge on any atom is -0.393 e. The minimum absolute atomic E-state index is 0.0458. The van der Waals surface area contributed by atoms with Gasteiger partial charge >= 0.3 is 0 Å². The lowest BCUT2D eigenvalue weighted by Crippen LogP contribution is -2.43. The number of piperidine rings is 1. The van der Waals surface area contributed by atoms with Crippen LogP contribution in [-0.2, 0) is 4.79 Å². The van der Waals surface area contributed by atoms with Crippen molar-refractivity contribution in [3.05, 3.63) is 35.6 Å². The van der Waals surface area contributed by atoms with Gasteiger partial charge in [0.15, 0.2) is 0 Å². The predicted molar refractivity (Wildman–Crippen MR) is 82.7 cm³/mol. The summed E-state index contributed by atoms with van der Waals surface area (Å²) in [5, 5.41) is 9.61. The lowest BCUT2D eigenvalue weighted by atomic mass is 9.85. The number of halogens is 1. The summed E-state index contributed by atoms with van der Waals surface area (Å²) in [5.74, 6) is 0.0316. The number of likely N-dealkylation sites (tertiary alicyclic amines) is 1. The zero-order chi connectivity index (χ0) is 15.5. The van der Waals surface area contributed by atoms with Gasteiger partial charge in [-0.15, -0.1) is 0 Å². The molecule has 1 atom stereocenters. The van der Waals surface area contributed by atoms with Crippen LogP contribution in [0.5, 0.6) is 0 Å². The third-order valence-corrected chi connectivity index (χ3v) is 5.09. The van der Waals surface area contributed by atoms with Gasteiger partial charge in [0.25, 0.3) is 0 Å². The number of hydrogen-bond donors (Lipinski definition) is 1. The molecule has 0 bridgehead atoms. The van der Waals surface area contributed by atoms with Crippen molar-refractivity contribution < 1.29 is 14.3 Å². The molecule has 1 saturated carbocycles. The topological polar surface area (TPSA) is 40.5 Å². The highest BCUT2D eigenvalue weighted by atomic mass is 19.1. The SMILES string of the molecule is O=C(C1CCC(O)CC1)N1CCCC[C@@H]1c1ccc(F)cc1. The van der Waals surface area contributed by atoms with E-state index in [1.165, 1.54) is 12.1 Å². The summed E-state index contributed by atoms with van der Waals surface area (Å²) < 4.78 is 13.1. The largest absolute Gasteiger partial charge is 0.393 e. The molecule has 1 heterocycles. The number of rotatable bonds is 2. The highest BCUT2D eigenvalue weighted by Gasteiger charge is 2.34. The van der Waals surface area contributed by atoms with Crippen molar-refractivity contribution in [3.63, 3.8) is 0 Å². The molecule has 1 aliphatic carbocycles. The van der Waals surface area contributed by atoms with Gasteiger partial charge in [0.2, 0.25) is 5.91 Å². The van der Waals surface area contributed by atoms with Gasteiger partial charge in [0.05, 0.1) is 12.1 Å². The van der Waals surface area contributed by atoms with E-state index in [1.807, 2.05) is 4.90 Å². The Labute approximate surface area is 131 Å². The summed E-state index contributed by atoms with van der Waals surface area (Å²) in [6, 6.07) is 6.63. The van der Waals surface area contributed by atoms with E-state index in [9.17, 15) is 14.3 Å². The number of aliphatic hydroxyl groups is 1. The summed E-state index contributed by atoms with van der Waals surface area (Å²) in [6.45, 7) is 0.792. The Morgan fingerprint density at radius 2 is 1.73 bits per heavy atom. The molecule has 22 heavy (non-hydrogen) atoms. The molecule has 2 aliphatic rings. The lowest BCUT2D eigenvalue weighted by molar-refractivity contribution is -0.141. The molecule has 3 rings (SSSR count). The molecule has 3 nitrogen and oxygen atoms in total. The lowest BCUT2D eigenvalue weighted by Gasteiger charge is -2.39. The fourth-order valence-electron chi connectivity index (χ4n) is 3.78. The summed E-state index contributed by atoms with van der Waals surface area (Å²) >= 11 is 0. The van der Waals surface area contributed by atoms with Crippen LogP contribution in [0, 0.1) is 11.7 Å². The van der Waals surface area contributed by atoms with Crippen molar-refractivity contribution in [2.24, 2.45) is 5.92 Å². The Kier molecular flexibility index (Phi) is 4.77. The Hall–Kier alpha value is -1.42. The molecule has 1 aromatic rings. The average molecular weight is 305 g/mol. The van der Waals surface area contributed by atoms with Crippen LogP contribution in [0.15, 0.2) is 24.3 Å². The summed E-state index contributed by atoms with van der Waals surface area (Å²) in [6.07, 6.45) is 5.88. The molecule has 0 unspecified atom stereocenters. The molecular weight excluding hydrogens is 281 g/mol. The van der Waals surface area contributed by atoms with Crippen LogP contribution >= 0.6 is 0 Å². The van der Waals surface area contributed by atoms with Gasteiger partial charge in [-0.3, -0.25) is 4.79 Å². The molecule has 4 heteroatoms. The van der Waals surface area contributed by atoms with Crippen LogP contribution < -0.4 is 0 Å².